The normalized spacial score (nSPS) is 19.3. The van der Waals surface area contributed by atoms with E-state index in [1.165, 1.54) is 18.2 Å². The molecule has 0 unspecified atom stereocenters. The second-order valence-corrected chi connectivity index (χ2v) is 14.2. The van der Waals surface area contributed by atoms with Gasteiger partial charge in [-0.3, -0.25) is 14.6 Å². The van der Waals surface area contributed by atoms with Gasteiger partial charge in [0, 0.05) is 36.8 Å². The molecule has 0 saturated carbocycles. The molecule has 1 N–H and O–H groups in total. The number of rotatable bonds is 10. The fraction of sp³-hybridized carbons (Fsp3) is 0.541. The quantitative estimate of drug-likeness (QED) is 0.160. The molecule has 0 radical (unpaired) electrons. The molecule has 294 valence electrons. The SMILES string of the molecule is CCOC(=O)N1c2ccc(OC)nc2[C@@H](Nc2ncc(CN3CCC[C@H]3C(=O)OC(C)(C)C)c(Cc3cc(C(F)(F)F)cc(C(F)(F)F)c3)n2)C[C@H]1CC. The molecule has 1 fully saturated rings. The number of benzene rings is 1. The Morgan fingerprint density at radius 1 is 0.981 bits per heavy atom. The molecule has 17 heteroatoms. The Balaban J connectivity index is 1.56. The number of hydrogen-bond acceptors (Lipinski definition) is 10. The van der Waals surface area contributed by atoms with Gasteiger partial charge in [-0.2, -0.15) is 26.3 Å². The number of carbonyl (C=O) groups is 2. The van der Waals surface area contributed by atoms with E-state index in [4.69, 9.17) is 14.2 Å². The zero-order valence-corrected chi connectivity index (χ0v) is 30.9. The first-order valence-electron chi connectivity index (χ1n) is 17.7. The first-order valence-corrected chi connectivity index (χ1v) is 17.7. The highest BCUT2D eigenvalue weighted by Crippen LogP contribution is 2.41. The highest BCUT2D eigenvalue weighted by molar-refractivity contribution is 5.90. The number of amides is 1. The van der Waals surface area contributed by atoms with Gasteiger partial charge in [0.05, 0.1) is 48.0 Å². The molecule has 0 spiro atoms. The minimum Gasteiger partial charge on any atom is -0.481 e. The minimum absolute atomic E-state index is 0.0295. The van der Waals surface area contributed by atoms with Gasteiger partial charge >= 0.3 is 24.4 Å². The Labute approximate surface area is 309 Å². The number of carbonyl (C=O) groups excluding carboxylic acids is 2. The summed E-state index contributed by atoms with van der Waals surface area (Å²) < 4.78 is 99.4. The Hall–Kier alpha value is -4.67. The van der Waals surface area contributed by atoms with Crippen molar-refractivity contribution < 1.29 is 50.1 Å². The molecule has 4 heterocycles. The van der Waals surface area contributed by atoms with Gasteiger partial charge in [0.15, 0.2) is 0 Å². The molecule has 2 aliphatic rings. The Morgan fingerprint density at radius 3 is 2.26 bits per heavy atom. The predicted octanol–water partition coefficient (Wildman–Crippen LogP) is 8.11. The third kappa shape index (κ3) is 9.51. The molecule has 11 nitrogen and oxygen atoms in total. The fourth-order valence-electron chi connectivity index (χ4n) is 6.76. The summed E-state index contributed by atoms with van der Waals surface area (Å²) in [5.74, 6) is -0.136. The number of likely N-dealkylation sites (tertiary alicyclic amines) is 1. The molecule has 1 amide bonds. The molecule has 0 bridgehead atoms. The highest BCUT2D eigenvalue weighted by atomic mass is 19.4. The van der Waals surface area contributed by atoms with Gasteiger partial charge in [-0.15, -0.1) is 0 Å². The maximum absolute atomic E-state index is 13.8. The fourth-order valence-corrected chi connectivity index (χ4v) is 6.76. The number of esters is 1. The van der Waals surface area contributed by atoms with Gasteiger partial charge in [-0.25, -0.2) is 19.7 Å². The summed E-state index contributed by atoms with van der Waals surface area (Å²) >= 11 is 0. The number of halogens is 6. The number of methoxy groups -OCH3 is 1. The first-order chi connectivity index (χ1) is 25.3. The van der Waals surface area contributed by atoms with Crippen molar-refractivity contribution in [2.24, 2.45) is 0 Å². The molecule has 3 aromatic rings. The Morgan fingerprint density at radius 2 is 1.67 bits per heavy atom. The summed E-state index contributed by atoms with van der Waals surface area (Å²) in [6.45, 7) is 9.59. The van der Waals surface area contributed by atoms with Crippen molar-refractivity contribution >= 4 is 23.7 Å². The van der Waals surface area contributed by atoms with Gasteiger partial charge in [-0.1, -0.05) is 6.92 Å². The van der Waals surface area contributed by atoms with E-state index in [9.17, 15) is 35.9 Å². The van der Waals surface area contributed by atoms with Crippen molar-refractivity contribution in [3.05, 3.63) is 70.2 Å². The first kappa shape index (κ1) is 40.5. The molecule has 1 aromatic carbocycles. The zero-order valence-electron chi connectivity index (χ0n) is 30.9. The van der Waals surface area contributed by atoms with Crippen LogP contribution in [0.4, 0.5) is 42.8 Å². The lowest BCUT2D eigenvalue weighted by Gasteiger charge is -2.39. The predicted molar refractivity (Wildman–Crippen MR) is 186 cm³/mol. The van der Waals surface area contributed by atoms with E-state index < -0.39 is 59.6 Å². The van der Waals surface area contributed by atoms with E-state index in [-0.39, 0.29) is 48.3 Å². The van der Waals surface area contributed by atoms with Crippen LogP contribution in [0.3, 0.4) is 0 Å². The molecular formula is C37H44F6N6O5. The smallest absolute Gasteiger partial charge is 0.416 e. The van der Waals surface area contributed by atoms with Crippen LogP contribution in [0.5, 0.6) is 5.88 Å². The molecule has 2 aromatic heterocycles. The van der Waals surface area contributed by atoms with E-state index >= 15 is 0 Å². The van der Waals surface area contributed by atoms with Crippen LogP contribution in [0.1, 0.15) is 100.0 Å². The van der Waals surface area contributed by atoms with Gasteiger partial charge in [0.2, 0.25) is 11.8 Å². The van der Waals surface area contributed by atoms with Gasteiger partial charge < -0.3 is 19.5 Å². The number of fused-ring (bicyclic) bond motifs is 1. The Bertz CT molecular complexity index is 1800. The van der Waals surface area contributed by atoms with E-state index in [1.807, 2.05) is 11.8 Å². The standard InChI is InChI=1S/C37H44F6N6O5/c1-7-25-18-27(31-28(11-12-30(47-31)52-6)49(25)34(51)53-8-2)46-33-44-19-22(20-48-13-9-10-29(48)32(50)54-35(3,4)5)26(45-33)16-21-14-23(36(38,39)40)17-24(15-21)37(41,42)43/h11-12,14-15,17,19,25,27,29H,7-10,13,16,18,20H2,1-6H3,(H,44,45,46)/t25-,27+,29+/m1/s1. The summed E-state index contributed by atoms with van der Waals surface area (Å²) in [5.41, 5.74) is -2.44. The maximum Gasteiger partial charge on any atom is 0.416 e. The van der Waals surface area contributed by atoms with Crippen LogP contribution in [-0.2, 0) is 39.6 Å². The summed E-state index contributed by atoms with van der Waals surface area (Å²) in [4.78, 5) is 43.4. The average molecular weight is 767 g/mol. The summed E-state index contributed by atoms with van der Waals surface area (Å²) in [6.07, 6.45) is -7.54. The lowest BCUT2D eigenvalue weighted by molar-refractivity contribution is -0.160. The molecule has 0 aliphatic carbocycles. The van der Waals surface area contributed by atoms with Crippen molar-refractivity contribution in [2.75, 3.05) is 30.5 Å². The molecule has 54 heavy (non-hydrogen) atoms. The monoisotopic (exact) mass is 766 g/mol. The summed E-state index contributed by atoms with van der Waals surface area (Å²) in [5, 5.41) is 3.25. The molecule has 3 atom stereocenters. The number of ether oxygens (including phenoxy) is 3. The van der Waals surface area contributed by atoms with Crippen molar-refractivity contribution in [3.8, 4) is 5.88 Å². The third-order valence-corrected chi connectivity index (χ3v) is 9.18. The van der Waals surface area contributed by atoms with Crippen molar-refractivity contribution in [3.63, 3.8) is 0 Å². The maximum atomic E-state index is 13.8. The van der Waals surface area contributed by atoms with Crippen LogP contribution in [0.2, 0.25) is 0 Å². The number of alkyl halides is 6. The van der Waals surface area contributed by atoms with Crippen LogP contribution in [0.25, 0.3) is 0 Å². The van der Waals surface area contributed by atoms with E-state index in [0.717, 1.165) is 0 Å². The number of nitrogens with zero attached hydrogens (tertiary/aromatic N) is 5. The molecule has 2 aliphatic heterocycles. The number of hydrogen-bond donors (Lipinski definition) is 1. The van der Waals surface area contributed by atoms with E-state index in [0.29, 0.717) is 61.3 Å². The highest BCUT2D eigenvalue weighted by Gasteiger charge is 2.40. The van der Waals surface area contributed by atoms with Gasteiger partial charge in [-0.05, 0) is 89.8 Å². The lowest BCUT2D eigenvalue weighted by Crippen LogP contribution is -2.46. The zero-order chi connectivity index (χ0) is 39.6. The molecular weight excluding hydrogens is 722 g/mol. The van der Waals surface area contributed by atoms with E-state index in [1.54, 1.807) is 39.8 Å². The summed E-state index contributed by atoms with van der Waals surface area (Å²) in [7, 11) is 1.44. The Kier molecular flexibility index (Phi) is 12.0. The number of anilines is 2. The van der Waals surface area contributed by atoms with Crippen molar-refractivity contribution in [1.29, 1.82) is 0 Å². The summed E-state index contributed by atoms with van der Waals surface area (Å²) in [6, 6.07) is 3.18. The van der Waals surface area contributed by atoms with Crippen LogP contribution < -0.4 is 15.0 Å². The third-order valence-electron chi connectivity index (χ3n) is 9.18. The second kappa shape index (κ2) is 16.0. The number of pyridine rings is 1. The van der Waals surface area contributed by atoms with Crippen molar-refractivity contribution in [2.45, 2.75) is 109 Å². The topological polar surface area (TPSA) is 119 Å². The minimum atomic E-state index is -5.04. The number of nitrogens with one attached hydrogen (secondary N) is 1. The van der Waals surface area contributed by atoms with Crippen LogP contribution in [0.15, 0.2) is 36.5 Å². The lowest BCUT2D eigenvalue weighted by atomic mass is 9.93. The largest absolute Gasteiger partial charge is 0.481 e. The molecule has 1 saturated heterocycles. The average Bonchev–Trinajstić information content (AvgIpc) is 3.56. The van der Waals surface area contributed by atoms with Crippen LogP contribution in [0, 0.1) is 0 Å². The second-order valence-electron chi connectivity index (χ2n) is 14.2. The van der Waals surface area contributed by atoms with Gasteiger partial charge in [0.25, 0.3) is 0 Å². The van der Waals surface area contributed by atoms with Crippen LogP contribution >= 0.6 is 0 Å². The van der Waals surface area contributed by atoms with Gasteiger partial charge in [0.1, 0.15) is 11.6 Å². The van der Waals surface area contributed by atoms with Crippen molar-refractivity contribution in [1.82, 2.24) is 19.9 Å². The van der Waals surface area contributed by atoms with E-state index in [2.05, 4.69) is 20.3 Å². The van der Waals surface area contributed by atoms with Crippen LogP contribution in [-0.4, -0.2) is 69.9 Å². The number of aromatic nitrogens is 3. The molecule has 5 rings (SSSR count).